The van der Waals surface area contributed by atoms with Crippen LogP contribution in [0.4, 0.5) is 34.1 Å². The third kappa shape index (κ3) is 5.50. The van der Waals surface area contributed by atoms with Crippen molar-refractivity contribution < 1.29 is 4.42 Å². The van der Waals surface area contributed by atoms with Gasteiger partial charge < -0.3 is 14.2 Å². The third-order valence-electron chi connectivity index (χ3n) is 10.8. The standard InChI is InChI=1S/C52H34N2OS/c1-3-14-39(15-4-1)54(40-16-5-2-6-17-40)48-20-11-19-47-46-31-29-43(34-51(46)56-52(47)48)53(42-28-30-45-44-18-9-10-21-49(44)55-50(45)33-42)41-26-24-36(25-27-41)38-23-22-35-12-7-8-13-37(35)32-38/h1-34H. The zero-order valence-corrected chi connectivity index (χ0v) is 31.2. The molecule has 264 valence electrons. The molecule has 0 aliphatic carbocycles. The van der Waals surface area contributed by atoms with Gasteiger partial charge in [-0.2, -0.15) is 0 Å². The Morgan fingerprint density at radius 2 is 0.929 bits per heavy atom. The Morgan fingerprint density at radius 3 is 1.71 bits per heavy atom. The molecule has 0 saturated carbocycles. The van der Waals surface area contributed by atoms with E-state index in [9.17, 15) is 0 Å². The van der Waals surface area contributed by atoms with Crippen LogP contribution in [-0.2, 0) is 0 Å². The summed E-state index contributed by atoms with van der Waals surface area (Å²) in [5, 5.41) is 7.23. The molecule has 0 fully saturated rings. The normalized spacial score (nSPS) is 11.6. The van der Waals surface area contributed by atoms with Gasteiger partial charge in [-0.05, 0) is 101 Å². The van der Waals surface area contributed by atoms with Crippen molar-refractivity contribution in [2.45, 2.75) is 0 Å². The number of anilines is 6. The van der Waals surface area contributed by atoms with Gasteiger partial charge in [-0.3, -0.25) is 0 Å². The maximum absolute atomic E-state index is 6.42. The van der Waals surface area contributed by atoms with Crippen LogP contribution in [0.3, 0.4) is 0 Å². The highest BCUT2D eigenvalue weighted by Gasteiger charge is 2.20. The summed E-state index contributed by atoms with van der Waals surface area (Å²) in [4.78, 5) is 4.71. The van der Waals surface area contributed by atoms with Gasteiger partial charge in [0.2, 0.25) is 0 Å². The van der Waals surface area contributed by atoms with Crippen LogP contribution in [0.2, 0.25) is 0 Å². The minimum absolute atomic E-state index is 0.871. The highest BCUT2D eigenvalue weighted by molar-refractivity contribution is 7.26. The summed E-state index contributed by atoms with van der Waals surface area (Å²) in [7, 11) is 0. The Hall–Kier alpha value is -7.14. The molecule has 9 aromatic carbocycles. The van der Waals surface area contributed by atoms with E-state index in [4.69, 9.17) is 4.42 Å². The smallest absolute Gasteiger partial charge is 0.137 e. The maximum Gasteiger partial charge on any atom is 0.137 e. The van der Waals surface area contributed by atoms with Crippen molar-refractivity contribution in [3.05, 3.63) is 206 Å². The number of rotatable bonds is 7. The van der Waals surface area contributed by atoms with Crippen LogP contribution in [0.5, 0.6) is 0 Å². The van der Waals surface area contributed by atoms with Crippen molar-refractivity contribution in [2.75, 3.05) is 9.80 Å². The van der Waals surface area contributed by atoms with E-state index in [1.54, 1.807) is 0 Å². The minimum Gasteiger partial charge on any atom is -0.456 e. The van der Waals surface area contributed by atoms with E-state index in [0.717, 1.165) is 50.4 Å². The zero-order chi connectivity index (χ0) is 37.0. The van der Waals surface area contributed by atoms with E-state index in [1.807, 2.05) is 23.5 Å². The van der Waals surface area contributed by atoms with Crippen LogP contribution < -0.4 is 9.80 Å². The largest absolute Gasteiger partial charge is 0.456 e. The fourth-order valence-corrected chi connectivity index (χ4v) is 9.38. The number of para-hydroxylation sites is 3. The second-order valence-electron chi connectivity index (χ2n) is 14.2. The van der Waals surface area contributed by atoms with Gasteiger partial charge in [0.05, 0.1) is 10.4 Å². The molecule has 2 heterocycles. The molecule has 0 aliphatic rings. The van der Waals surface area contributed by atoms with Crippen molar-refractivity contribution in [1.82, 2.24) is 0 Å². The number of benzene rings is 9. The molecule has 0 aliphatic heterocycles. The molecule has 0 unspecified atom stereocenters. The van der Waals surface area contributed by atoms with Crippen LogP contribution in [0.15, 0.2) is 211 Å². The highest BCUT2D eigenvalue weighted by atomic mass is 32.1. The molecule has 11 rings (SSSR count). The summed E-state index contributed by atoms with van der Waals surface area (Å²) >= 11 is 1.85. The van der Waals surface area contributed by atoms with Gasteiger partial charge in [-0.25, -0.2) is 0 Å². The monoisotopic (exact) mass is 734 g/mol. The molecule has 0 amide bonds. The topological polar surface area (TPSA) is 19.6 Å². The van der Waals surface area contributed by atoms with Crippen LogP contribution in [-0.4, -0.2) is 0 Å². The number of furan rings is 1. The van der Waals surface area contributed by atoms with Crippen molar-refractivity contribution in [2.24, 2.45) is 0 Å². The molecule has 11 aromatic rings. The second kappa shape index (κ2) is 13.3. The first-order chi connectivity index (χ1) is 27.7. The van der Waals surface area contributed by atoms with Gasteiger partial charge in [0, 0.05) is 60.7 Å². The van der Waals surface area contributed by atoms with Gasteiger partial charge in [0.25, 0.3) is 0 Å². The fraction of sp³-hybridized carbons (Fsp3) is 0. The molecule has 56 heavy (non-hydrogen) atoms. The summed E-state index contributed by atoms with van der Waals surface area (Å²) in [6, 6.07) is 73.9. The van der Waals surface area contributed by atoms with Gasteiger partial charge in [-0.1, -0.05) is 121 Å². The molecule has 4 heteroatoms. The van der Waals surface area contributed by atoms with E-state index in [-0.39, 0.29) is 0 Å². The average molecular weight is 735 g/mol. The van der Waals surface area contributed by atoms with E-state index in [1.165, 1.54) is 47.8 Å². The van der Waals surface area contributed by atoms with Gasteiger partial charge in [-0.15, -0.1) is 11.3 Å². The van der Waals surface area contributed by atoms with Gasteiger partial charge >= 0.3 is 0 Å². The molecule has 2 aromatic heterocycles. The lowest BCUT2D eigenvalue weighted by Crippen LogP contribution is -2.09. The molecular weight excluding hydrogens is 701 g/mol. The highest BCUT2D eigenvalue weighted by Crippen LogP contribution is 2.47. The van der Waals surface area contributed by atoms with E-state index in [2.05, 4.69) is 204 Å². The van der Waals surface area contributed by atoms with Crippen LogP contribution in [0.1, 0.15) is 0 Å². The first kappa shape index (κ1) is 32.3. The summed E-state index contributed by atoms with van der Waals surface area (Å²) in [5.74, 6) is 0. The van der Waals surface area contributed by atoms with Crippen molar-refractivity contribution in [3.63, 3.8) is 0 Å². The first-order valence-electron chi connectivity index (χ1n) is 18.9. The first-order valence-corrected chi connectivity index (χ1v) is 19.7. The Labute approximate surface area is 328 Å². The predicted octanol–water partition coefficient (Wildman–Crippen LogP) is 15.7. The second-order valence-corrected chi connectivity index (χ2v) is 15.2. The van der Waals surface area contributed by atoms with Crippen LogP contribution >= 0.6 is 11.3 Å². The number of thiophene rings is 1. The number of hydrogen-bond donors (Lipinski definition) is 0. The number of fused-ring (bicyclic) bond motifs is 7. The SMILES string of the molecule is c1ccc(N(c2ccccc2)c2cccc3c2sc2cc(N(c4ccc(-c5ccc6ccccc6c5)cc4)c4ccc5c(c4)oc4ccccc45)ccc23)cc1. The quantitative estimate of drug-likeness (QED) is 0.163. The lowest BCUT2D eigenvalue weighted by molar-refractivity contribution is 0.669. The molecule has 3 nitrogen and oxygen atoms in total. The minimum atomic E-state index is 0.871. The van der Waals surface area contributed by atoms with E-state index < -0.39 is 0 Å². The maximum atomic E-state index is 6.42. The van der Waals surface area contributed by atoms with Crippen molar-refractivity contribution in [1.29, 1.82) is 0 Å². The predicted molar refractivity (Wildman–Crippen MR) is 239 cm³/mol. The Morgan fingerprint density at radius 1 is 0.339 bits per heavy atom. The fourth-order valence-electron chi connectivity index (χ4n) is 8.14. The molecule has 0 radical (unpaired) electrons. The molecule has 0 bridgehead atoms. The summed E-state index contributed by atoms with van der Waals surface area (Å²) in [5.41, 5.74) is 10.8. The lowest BCUT2D eigenvalue weighted by Gasteiger charge is -2.26. The Balaban J connectivity index is 1.06. The van der Waals surface area contributed by atoms with Crippen LogP contribution in [0.25, 0.3) is 64.0 Å². The van der Waals surface area contributed by atoms with Crippen molar-refractivity contribution in [3.8, 4) is 11.1 Å². The molecular formula is C52H34N2OS. The van der Waals surface area contributed by atoms with Gasteiger partial charge in [0.15, 0.2) is 0 Å². The number of hydrogen-bond acceptors (Lipinski definition) is 4. The third-order valence-corrected chi connectivity index (χ3v) is 12.0. The van der Waals surface area contributed by atoms with E-state index in [0.29, 0.717) is 0 Å². The summed E-state index contributed by atoms with van der Waals surface area (Å²) < 4.78 is 8.90. The van der Waals surface area contributed by atoms with Gasteiger partial charge in [0.1, 0.15) is 11.2 Å². The molecule has 0 spiro atoms. The summed E-state index contributed by atoms with van der Waals surface area (Å²) in [6.45, 7) is 0. The molecule has 0 N–H and O–H groups in total. The zero-order valence-electron chi connectivity index (χ0n) is 30.3. The van der Waals surface area contributed by atoms with Crippen molar-refractivity contribution >= 4 is 98.3 Å². The summed E-state index contributed by atoms with van der Waals surface area (Å²) in [6.07, 6.45) is 0. The average Bonchev–Trinajstić information content (AvgIpc) is 3.83. The Kier molecular flexibility index (Phi) is 7.68. The molecule has 0 saturated heterocycles. The van der Waals surface area contributed by atoms with E-state index >= 15 is 0 Å². The lowest BCUT2D eigenvalue weighted by atomic mass is 10.0. The number of nitrogens with zero attached hydrogens (tertiary/aromatic N) is 2. The Bertz CT molecular complexity index is 3160. The van der Waals surface area contributed by atoms with Crippen LogP contribution in [0, 0.1) is 0 Å². The molecule has 0 atom stereocenters.